The minimum atomic E-state index is -3.48. The number of thioether (sulfide) groups is 1. The zero-order chi connectivity index (χ0) is 15.8. The van der Waals surface area contributed by atoms with Crippen molar-refractivity contribution in [3.8, 4) is 0 Å². The molecule has 2 saturated heterocycles. The minimum Gasteiger partial charge on any atom is -0.281 e. The van der Waals surface area contributed by atoms with Crippen molar-refractivity contribution in [2.45, 2.75) is 17.7 Å². The van der Waals surface area contributed by atoms with Crippen molar-refractivity contribution in [1.82, 2.24) is 4.90 Å². The van der Waals surface area contributed by atoms with Gasteiger partial charge in [0.1, 0.15) is 0 Å². The molecule has 0 aliphatic carbocycles. The van der Waals surface area contributed by atoms with E-state index in [0.29, 0.717) is 12.2 Å². The molecule has 1 aromatic carbocycles. The van der Waals surface area contributed by atoms with Crippen LogP contribution in [-0.2, 0) is 19.4 Å². The average Bonchev–Trinajstić information content (AvgIpc) is 3.05. The summed E-state index contributed by atoms with van der Waals surface area (Å²) in [5.41, 5.74) is -0.571. The number of imide groups is 1. The normalized spacial score (nSPS) is 25.4. The third kappa shape index (κ3) is 2.67. The summed E-state index contributed by atoms with van der Waals surface area (Å²) in [5, 5.41) is 0. The zero-order valence-corrected chi connectivity index (χ0v) is 13.7. The first kappa shape index (κ1) is 15.6. The number of carbonyl (C=O) groups excluding carboxylic acids is 2. The predicted octanol–water partition coefficient (Wildman–Crippen LogP) is 1.34. The Morgan fingerprint density at radius 1 is 1.18 bits per heavy atom. The van der Waals surface area contributed by atoms with Gasteiger partial charge in [0.25, 0.3) is 0 Å². The van der Waals surface area contributed by atoms with Crippen LogP contribution in [-0.4, -0.2) is 48.9 Å². The predicted molar refractivity (Wildman–Crippen MR) is 84.2 cm³/mol. The van der Waals surface area contributed by atoms with Gasteiger partial charge < -0.3 is 0 Å². The highest BCUT2D eigenvalue weighted by atomic mass is 32.2. The first-order valence-corrected chi connectivity index (χ1v) is 9.96. The average molecular weight is 339 g/mol. The number of sulfone groups is 1. The van der Waals surface area contributed by atoms with E-state index in [4.69, 9.17) is 0 Å². The number of rotatable bonds is 4. The monoisotopic (exact) mass is 339 g/mol. The van der Waals surface area contributed by atoms with Crippen LogP contribution in [0.3, 0.4) is 0 Å². The second kappa shape index (κ2) is 5.70. The van der Waals surface area contributed by atoms with Crippen LogP contribution in [0.1, 0.15) is 12.8 Å². The third-order valence-corrected chi connectivity index (χ3v) is 7.24. The van der Waals surface area contributed by atoms with Crippen LogP contribution in [0.4, 0.5) is 0 Å². The summed E-state index contributed by atoms with van der Waals surface area (Å²) in [4.78, 5) is 26.0. The fraction of sp³-hybridized carbons (Fsp3) is 0.467. The van der Waals surface area contributed by atoms with Gasteiger partial charge in [0.15, 0.2) is 9.84 Å². The molecule has 1 aromatic rings. The molecular weight excluding hydrogens is 322 g/mol. The lowest BCUT2D eigenvalue weighted by Gasteiger charge is -2.20. The lowest BCUT2D eigenvalue weighted by Crippen LogP contribution is -2.38. The van der Waals surface area contributed by atoms with E-state index in [1.54, 1.807) is 30.0 Å². The smallest absolute Gasteiger partial charge is 0.236 e. The number of nitrogens with zero attached hydrogens (tertiary/aromatic N) is 1. The summed E-state index contributed by atoms with van der Waals surface area (Å²) in [5.74, 6) is 0.897. The van der Waals surface area contributed by atoms with Crippen LogP contribution in [0, 0.1) is 5.41 Å². The van der Waals surface area contributed by atoms with Gasteiger partial charge in [-0.3, -0.25) is 14.5 Å². The van der Waals surface area contributed by atoms with Crippen LogP contribution in [0.15, 0.2) is 35.2 Å². The van der Waals surface area contributed by atoms with E-state index in [-0.39, 0.29) is 35.4 Å². The Morgan fingerprint density at radius 3 is 2.55 bits per heavy atom. The molecule has 0 N–H and O–H groups in total. The van der Waals surface area contributed by atoms with E-state index in [2.05, 4.69) is 0 Å². The first-order chi connectivity index (χ1) is 10.4. The molecule has 2 aliphatic rings. The number of carbonyl (C=O) groups is 2. The summed E-state index contributed by atoms with van der Waals surface area (Å²) in [6.07, 6.45) is 0.939. The second-order valence-corrected chi connectivity index (χ2v) is 8.96. The Labute approximate surface area is 134 Å². The lowest BCUT2D eigenvalue weighted by molar-refractivity contribution is -0.140. The van der Waals surface area contributed by atoms with Gasteiger partial charge in [0.2, 0.25) is 11.8 Å². The summed E-state index contributed by atoms with van der Waals surface area (Å²) < 4.78 is 24.5. The van der Waals surface area contributed by atoms with Crippen molar-refractivity contribution in [2.75, 3.05) is 23.8 Å². The molecule has 5 nitrogen and oxygen atoms in total. The molecule has 3 rings (SSSR count). The van der Waals surface area contributed by atoms with Gasteiger partial charge >= 0.3 is 0 Å². The van der Waals surface area contributed by atoms with Crippen molar-refractivity contribution in [1.29, 1.82) is 0 Å². The van der Waals surface area contributed by atoms with Gasteiger partial charge in [-0.2, -0.15) is 11.8 Å². The summed E-state index contributed by atoms with van der Waals surface area (Å²) in [6, 6.07) is 8.11. The molecule has 2 fully saturated rings. The number of benzene rings is 1. The zero-order valence-electron chi connectivity index (χ0n) is 12.0. The number of amides is 2. The Bertz CT molecular complexity index is 694. The van der Waals surface area contributed by atoms with Crippen molar-refractivity contribution in [2.24, 2.45) is 5.41 Å². The van der Waals surface area contributed by atoms with Crippen molar-refractivity contribution < 1.29 is 18.0 Å². The van der Waals surface area contributed by atoms with Crippen molar-refractivity contribution in [3.05, 3.63) is 30.3 Å². The van der Waals surface area contributed by atoms with E-state index in [9.17, 15) is 18.0 Å². The van der Waals surface area contributed by atoms with Crippen molar-refractivity contribution >= 4 is 33.4 Å². The Hall–Kier alpha value is -1.34. The van der Waals surface area contributed by atoms with Crippen LogP contribution in [0.5, 0.6) is 0 Å². The number of likely N-dealkylation sites (tertiary alicyclic amines) is 1. The van der Waals surface area contributed by atoms with E-state index < -0.39 is 15.3 Å². The molecule has 2 amide bonds. The van der Waals surface area contributed by atoms with E-state index in [0.717, 1.165) is 10.7 Å². The van der Waals surface area contributed by atoms with Gasteiger partial charge in [0, 0.05) is 18.7 Å². The fourth-order valence-corrected chi connectivity index (χ4v) is 5.63. The highest BCUT2D eigenvalue weighted by Gasteiger charge is 2.52. The summed E-state index contributed by atoms with van der Waals surface area (Å²) in [7, 11) is -3.48. The quantitative estimate of drug-likeness (QED) is 0.774. The third-order valence-electron chi connectivity index (χ3n) is 4.28. The van der Waals surface area contributed by atoms with Gasteiger partial charge in [-0.15, -0.1) is 0 Å². The van der Waals surface area contributed by atoms with Crippen LogP contribution < -0.4 is 0 Å². The van der Waals surface area contributed by atoms with E-state index in [1.165, 1.54) is 12.1 Å². The van der Waals surface area contributed by atoms with Gasteiger partial charge in [-0.25, -0.2) is 8.42 Å². The van der Waals surface area contributed by atoms with Crippen LogP contribution >= 0.6 is 11.8 Å². The Balaban J connectivity index is 1.72. The highest BCUT2D eigenvalue weighted by Crippen LogP contribution is 2.44. The van der Waals surface area contributed by atoms with Gasteiger partial charge in [0.05, 0.1) is 16.1 Å². The highest BCUT2D eigenvalue weighted by molar-refractivity contribution is 7.99. The Morgan fingerprint density at radius 2 is 1.91 bits per heavy atom. The summed E-state index contributed by atoms with van der Waals surface area (Å²) in [6.45, 7) is -0.0543. The largest absolute Gasteiger partial charge is 0.281 e. The molecule has 0 radical (unpaired) electrons. The molecule has 0 aromatic heterocycles. The van der Waals surface area contributed by atoms with Crippen LogP contribution in [0.25, 0.3) is 0 Å². The van der Waals surface area contributed by atoms with E-state index >= 15 is 0 Å². The molecule has 1 unspecified atom stereocenters. The van der Waals surface area contributed by atoms with Gasteiger partial charge in [-0.1, -0.05) is 18.2 Å². The molecule has 1 spiro atoms. The molecule has 1 atom stereocenters. The summed E-state index contributed by atoms with van der Waals surface area (Å²) >= 11 is 1.68. The van der Waals surface area contributed by atoms with Gasteiger partial charge in [-0.05, 0) is 24.3 Å². The molecule has 0 bridgehead atoms. The second-order valence-electron chi connectivity index (χ2n) is 5.74. The fourth-order valence-electron chi connectivity index (χ4n) is 2.96. The first-order valence-electron chi connectivity index (χ1n) is 7.15. The molecule has 7 heteroatoms. The maximum atomic E-state index is 12.5. The molecule has 118 valence electrons. The minimum absolute atomic E-state index is 0.0543. The molecular formula is C15H17NO4S2. The molecule has 2 heterocycles. The van der Waals surface area contributed by atoms with Crippen molar-refractivity contribution in [3.63, 3.8) is 0 Å². The Kier molecular flexibility index (Phi) is 4.03. The van der Waals surface area contributed by atoms with Crippen LogP contribution in [0.2, 0.25) is 0 Å². The molecule has 22 heavy (non-hydrogen) atoms. The van der Waals surface area contributed by atoms with E-state index in [1.807, 2.05) is 0 Å². The topological polar surface area (TPSA) is 71.5 Å². The molecule has 2 aliphatic heterocycles. The SMILES string of the molecule is O=C1CC2(CCSC2)C(=O)N1CCS(=O)(=O)c1ccccc1. The standard InChI is InChI=1S/C15H17NO4S2/c17-13-10-15(6-8-21-11-15)14(18)16(13)7-9-22(19,20)12-4-2-1-3-5-12/h1-5H,6-11H2. The maximum Gasteiger partial charge on any atom is 0.236 e. The maximum absolute atomic E-state index is 12.5. The number of hydrogen-bond acceptors (Lipinski definition) is 5. The molecule has 0 saturated carbocycles. The number of hydrogen-bond donors (Lipinski definition) is 0. The lowest BCUT2D eigenvalue weighted by atomic mass is 9.86.